The van der Waals surface area contributed by atoms with Crippen LogP contribution >= 0.6 is 7.60 Å². The molecule has 0 radical (unpaired) electrons. The third kappa shape index (κ3) is 6.37. The molecule has 0 bridgehead atoms. The van der Waals surface area contributed by atoms with Crippen LogP contribution in [0.2, 0.25) is 0 Å². The van der Waals surface area contributed by atoms with E-state index in [2.05, 4.69) is 41.5 Å². The normalized spacial score (nSPS) is 15.7. The summed E-state index contributed by atoms with van der Waals surface area (Å²) in [5.41, 5.74) is 2.48. The van der Waals surface area contributed by atoms with Gasteiger partial charge in [-0.15, -0.1) is 0 Å². The molecule has 5 heteroatoms. The summed E-state index contributed by atoms with van der Waals surface area (Å²) in [5, 5.41) is 10.7. The van der Waals surface area contributed by atoms with Gasteiger partial charge in [0.2, 0.25) is 0 Å². The van der Waals surface area contributed by atoms with E-state index in [9.17, 15) is 9.67 Å². The molecule has 1 unspecified atom stereocenters. The molecule has 140 valence electrons. The molecular formula is C20H31O4P. The van der Waals surface area contributed by atoms with E-state index in [1.807, 2.05) is 18.2 Å². The van der Waals surface area contributed by atoms with E-state index in [0.717, 1.165) is 16.7 Å². The lowest BCUT2D eigenvalue weighted by atomic mass is 9.78. The highest BCUT2D eigenvalue weighted by Crippen LogP contribution is 2.43. The van der Waals surface area contributed by atoms with Gasteiger partial charge < -0.3 is 14.2 Å². The lowest BCUT2D eigenvalue weighted by Gasteiger charge is -2.27. The molecule has 25 heavy (non-hydrogen) atoms. The van der Waals surface area contributed by atoms with Crippen molar-refractivity contribution < 1.29 is 18.7 Å². The van der Waals surface area contributed by atoms with Crippen molar-refractivity contribution >= 4 is 13.7 Å². The van der Waals surface area contributed by atoms with E-state index in [-0.39, 0.29) is 10.8 Å². The minimum Gasteiger partial charge on any atom is -0.507 e. The summed E-state index contributed by atoms with van der Waals surface area (Å²) >= 11 is 0. The van der Waals surface area contributed by atoms with E-state index in [4.69, 9.17) is 9.05 Å². The molecule has 1 aromatic carbocycles. The van der Waals surface area contributed by atoms with Gasteiger partial charge in [-0.3, -0.25) is 0 Å². The molecule has 1 aromatic rings. The van der Waals surface area contributed by atoms with Crippen LogP contribution in [0, 0.1) is 0 Å². The second-order valence-electron chi connectivity index (χ2n) is 8.21. The minimum atomic E-state index is -3.01. The minimum absolute atomic E-state index is 0.166. The lowest BCUT2D eigenvalue weighted by molar-refractivity contribution is 0.305. The smallest absolute Gasteiger partial charge is 0.375 e. The van der Waals surface area contributed by atoms with Crippen molar-refractivity contribution in [2.75, 3.05) is 13.8 Å². The fourth-order valence-corrected chi connectivity index (χ4v) is 2.67. The maximum absolute atomic E-state index is 11.6. The van der Waals surface area contributed by atoms with E-state index in [1.165, 1.54) is 20.0 Å². The number of benzene rings is 1. The third-order valence-corrected chi connectivity index (χ3v) is 4.98. The van der Waals surface area contributed by atoms with E-state index >= 15 is 0 Å². The topological polar surface area (TPSA) is 55.8 Å². The Labute approximate surface area is 152 Å². The molecule has 0 saturated heterocycles. The van der Waals surface area contributed by atoms with Gasteiger partial charge in [0.05, 0.1) is 6.26 Å². The molecule has 0 saturated carbocycles. The van der Waals surface area contributed by atoms with E-state index < -0.39 is 7.60 Å². The maximum Gasteiger partial charge on any atom is 0.375 e. The summed E-state index contributed by atoms with van der Waals surface area (Å²) < 4.78 is 21.4. The highest BCUT2D eigenvalue weighted by atomic mass is 31.2. The summed E-state index contributed by atoms with van der Waals surface area (Å²) in [6.07, 6.45) is 6.75. The molecule has 1 N–H and O–H groups in total. The average molecular weight is 366 g/mol. The van der Waals surface area contributed by atoms with Gasteiger partial charge in [0.15, 0.2) is 0 Å². The summed E-state index contributed by atoms with van der Waals surface area (Å²) in [5.74, 6) is 0.364. The van der Waals surface area contributed by atoms with Crippen LogP contribution in [0.25, 0.3) is 6.08 Å². The van der Waals surface area contributed by atoms with Crippen molar-refractivity contribution in [1.29, 1.82) is 0 Å². The first-order valence-electron chi connectivity index (χ1n) is 8.31. The molecule has 0 spiro atoms. The van der Waals surface area contributed by atoms with Crippen LogP contribution in [0.3, 0.4) is 0 Å². The Morgan fingerprint density at radius 1 is 1.00 bits per heavy atom. The Balaban J connectivity index is 3.18. The Kier molecular flexibility index (Phi) is 6.72. The number of allylic oxidation sites excluding steroid dienone is 2. The molecule has 0 aliphatic carbocycles. The Morgan fingerprint density at radius 3 is 1.88 bits per heavy atom. The van der Waals surface area contributed by atoms with Crippen molar-refractivity contribution in [3.05, 3.63) is 47.2 Å². The van der Waals surface area contributed by atoms with E-state index in [0.29, 0.717) is 5.75 Å². The fraction of sp³-hybridized carbons (Fsp3) is 0.500. The van der Waals surface area contributed by atoms with Crippen molar-refractivity contribution in [3.8, 4) is 5.75 Å². The number of hydrogen-bond donors (Lipinski definition) is 1. The fourth-order valence-electron chi connectivity index (χ4n) is 2.30. The summed E-state index contributed by atoms with van der Waals surface area (Å²) in [6.45, 7) is 13.9. The molecule has 0 amide bonds. The van der Waals surface area contributed by atoms with Gasteiger partial charge in [-0.1, -0.05) is 53.7 Å². The van der Waals surface area contributed by atoms with Gasteiger partial charge >= 0.3 is 7.60 Å². The van der Waals surface area contributed by atoms with Gasteiger partial charge in [0.25, 0.3) is 0 Å². The first-order chi connectivity index (χ1) is 11.3. The SMILES string of the molecule is COP(C)(=O)OC=CC=Cc1cc(C(C)(C)C)c(O)c(C(C)(C)C)c1. The molecule has 1 rings (SSSR count). The van der Waals surface area contributed by atoms with E-state index in [1.54, 1.807) is 12.2 Å². The molecular weight excluding hydrogens is 335 g/mol. The number of aromatic hydroxyl groups is 1. The number of hydrogen-bond acceptors (Lipinski definition) is 4. The molecule has 0 aromatic heterocycles. The molecule has 0 aliphatic heterocycles. The van der Waals surface area contributed by atoms with Crippen molar-refractivity contribution in [3.63, 3.8) is 0 Å². The summed E-state index contributed by atoms with van der Waals surface area (Å²) in [4.78, 5) is 0. The van der Waals surface area contributed by atoms with Gasteiger partial charge in [0, 0.05) is 24.9 Å². The predicted octanol–water partition coefficient (Wildman–Crippen LogP) is 6.00. The third-order valence-electron chi connectivity index (χ3n) is 3.81. The second kappa shape index (κ2) is 7.80. The Hall–Kier alpha value is -1.51. The van der Waals surface area contributed by atoms with Crippen molar-refractivity contribution in [2.24, 2.45) is 0 Å². The first kappa shape index (κ1) is 21.5. The molecule has 1 atom stereocenters. The zero-order valence-corrected chi connectivity index (χ0v) is 17.5. The maximum atomic E-state index is 11.6. The van der Waals surface area contributed by atoms with Crippen LogP contribution in [0.4, 0.5) is 0 Å². The standard InChI is InChI=1S/C20H31O4P/c1-19(2,3)16-13-15(14-17(18(16)21)20(4,5)6)11-9-10-12-24-25(8,22)23-7/h9-14,21H,1-8H3. The number of phenolic OH excluding ortho intramolecular Hbond substituents is 1. The predicted molar refractivity (Wildman–Crippen MR) is 105 cm³/mol. The second-order valence-corrected chi connectivity index (χ2v) is 10.3. The van der Waals surface area contributed by atoms with Gasteiger partial charge in [-0.05, 0) is 34.6 Å². The number of phenols is 1. The Bertz CT molecular complexity index is 668. The van der Waals surface area contributed by atoms with Crippen LogP contribution in [-0.2, 0) is 24.4 Å². The number of rotatable bonds is 5. The zero-order chi connectivity index (χ0) is 19.5. The van der Waals surface area contributed by atoms with Gasteiger partial charge in [-0.25, -0.2) is 4.57 Å². The van der Waals surface area contributed by atoms with Crippen LogP contribution in [0.15, 0.2) is 30.5 Å². The monoisotopic (exact) mass is 366 g/mol. The van der Waals surface area contributed by atoms with Crippen LogP contribution in [0.1, 0.15) is 58.2 Å². The zero-order valence-electron chi connectivity index (χ0n) is 16.6. The van der Waals surface area contributed by atoms with Crippen LogP contribution < -0.4 is 0 Å². The van der Waals surface area contributed by atoms with Gasteiger partial charge in [0.1, 0.15) is 5.75 Å². The summed E-state index contributed by atoms with van der Waals surface area (Å²) in [6, 6.07) is 3.99. The highest BCUT2D eigenvalue weighted by molar-refractivity contribution is 7.53. The molecule has 0 fully saturated rings. The highest BCUT2D eigenvalue weighted by Gasteiger charge is 2.26. The quantitative estimate of drug-likeness (QED) is 0.394. The van der Waals surface area contributed by atoms with Crippen molar-refractivity contribution in [1.82, 2.24) is 0 Å². The molecule has 4 nitrogen and oxygen atoms in total. The summed E-state index contributed by atoms with van der Waals surface area (Å²) in [7, 11) is -1.66. The van der Waals surface area contributed by atoms with Gasteiger partial charge in [-0.2, -0.15) is 0 Å². The van der Waals surface area contributed by atoms with Crippen LogP contribution in [-0.4, -0.2) is 18.9 Å². The molecule has 0 heterocycles. The molecule has 0 aliphatic rings. The first-order valence-corrected chi connectivity index (χ1v) is 10.3. The lowest BCUT2D eigenvalue weighted by Crippen LogP contribution is -2.17. The largest absolute Gasteiger partial charge is 0.507 e. The van der Waals surface area contributed by atoms with Crippen LogP contribution in [0.5, 0.6) is 5.75 Å². The average Bonchev–Trinajstić information content (AvgIpc) is 2.45. The Morgan fingerprint density at radius 2 is 1.48 bits per heavy atom. The van der Waals surface area contributed by atoms with Crippen molar-refractivity contribution in [2.45, 2.75) is 52.4 Å².